The average molecular weight is 358 g/mol. The van der Waals surface area contributed by atoms with Gasteiger partial charge in [-0.2, -0.15) is 0 Å². The number of likely N-dealkylation sites (tertiary alicyclic amines) is 1. The SMILES string of the molecule is CC1(C)C2CNCC2CN1C(=O)c1cc(Br)ccc1Cl. The van der Waals surface area contributed by atoms with Crippen molar-refractivity contribution < 1.29 is 4.79 Å². The molecule has 2 atom stereocenters. The quantitative estimate of drug-likeness (QED) is 0.837. The molecule has 3 rings (SSSR count). The van der Waals surface area contributed by atoms with E-state index < -0.39 is 0 Å². The Balaban J connectivity index is 1.93. The maximum Gasteiger partial charge on any atom is 0.255 e. The molecule has 2 heterocycles. The molecule has 1 N–H and O–H groups in total. The lowest BCUT2D eigenvalue weighted by Crippen LogP contribution is -2.47. The van der Waals surface area contributed by atoms with E-state index in [1.807, 2.05) is 17.0 Å². The van der Waals surface area contributed by atoms with E-state index in [9.17, 15) is 4.79 Å². The van der Waals surface area contributed by atoms with Crippen LogP contribution in [0.25, 0.3) is 0 Å². The van der Waals surface area contributed by atoms with E-state index in [0.717, 1.165) is 24.1 Å². The molecule has 2 aliphatic rings. The van der Waals surface area contributed by atoms with Gasteiger partial charge in [0.05, 0.1) is 10.6 Å². The van der Waals surface area contributed by atoms with Crippen molar-refractivity contribution in [1.29, 1.82) is 0 Å². The summed E-state index contributed by atoms with van der Waals surface area (Å²) in [5.41, 5.74) is 0.457. The highest BCUT2D eigenvalue weighted by molar-refractivity contribution is 9.10. The van der Waals surface area contributed by atoms with Gasteiger partial charge in [0.2, 0.25) is 0 Å². The number of hydrogen-bond acceptors (Lipinski definition) is 2. The summed E-state index contributed by atoms with van der Waals surface area (Å²) in [5, 5.41) is 3.95. The van der Waals surface area contributed by atoms with Crippen molar-refractivity contribution in [3.8, 4) is 0 Å². The summed E-state index contributed by atoms with van der Waals surface area (Å²) in [6, 6.07) is 5.43. The van der Waals surface area contributed by atoms with E-state index in [2.05, 4.69) is 35.1 Å². The van der Waals surface area contributed by atoms with Crippen LogP contribution in [0.15, 0.2) is 22.7 Å². The zero-order valence-corrected chi connectivity index (χ0v) is 14.0. The summed E-state index contributed by atoms with van der Waals surface area (Å²) in [5.74, 6) is 1.12. The van der Waals surface area contributed by atoms with Gasteiger partial charge in [0, 0.05) is 29.6 Å². The largest absolute Gasteiger partial charge is 0.333 e. The number of carbonyl (C=O) groups excluding carboxylic acids is 1. The van der Waals surface area contributed by atoms with Crippen LogP contribution in [0.3, 0.4) is 0 Å². The van der Waals surface area contributed by atoms with Gasteiger partial charge in [0.25, 0.3) is 5.91 Å². The maximum atomic E-state index is 12.9. The number of carbonyl (C=O) groups is 1. The molecule has 0 aromatic heterocycles. The van der Waals surface area contributed by atoms with Crippen LogP contribution >= 0.6 is 27.5 Å². The van der Waals surface area contributed by atoms with Gasteiger partial charge in [-0.15, -0.1) is 0 Å². The standard InChI is InChI=1S/C15H18BrClN2O/c1-15(2)12-7-18-6-9(12)8-19(15)14(20)11-5-10(16)3-4-13(11)17/h3-5,9,12,18H,6-8H2,1-2H3. The van der Waals surface area contributed by atoms with Gasteiger partial charge >= 0.3 is 0 Å². The second kappa shape index (κ2) is 5.00. The van der Waals surface area contributed by atoms with Crippen molar-refractivity contribution in [3.05, 3.63) is 33.3 Å². The molecular weight excluding hydrogens is 340 g/mol. The van der Waals surface area contributed by atoms with Crippen molar-refractivity contribution in [1.82, 2.24) is 10.2 Å². The van der Waals surface area contributed by atoms with Gasteiger partial charge < -0.3 is 10.2 Å². The molecule has 1 amide bonds. The van der Waals surface area contributed by atoms with Gasteiger partial charge in [-0.05, 0) is 43.9 Å². The molecule has 20 heavy (non-hydrogen) atoms. The number of nitrogens with one attached hydrogen (secondary N) is 1. The fraction of sp³-hybridized carbons (Fsp3) is 0.533. The van der Waals surface area contributed by atoms with Crippen molar-refractivity contribution in [2.75, 3.05) is 19.6 Å². The molecule has 2 unspecified atom stereocenters. The van der Waals surface area contributed by atoms with Gasteiger partial charge in [0.15, 0.2) is 0 Å². The smallest absolute Gasteiger partial charge is 0.255 e. The Morgan fingerprint density at radius 1 is 1.45 bits per heavy atom. The van der Waals surface area contributed by atoms with E-state index in [4.69, 9.17) is 11.6 Å². The van der Waals surface area contributed by atoms with E-state index in [1.54, 1.807) is 6.07 Å². The normalized spacial score (nSPS) is 27.7. The summed E-state index contributed by atoms with van der Waals surface area (Å²) in [4.78, 5) is 14.9. The summed E-state index contributed by atoms with van der Waals surface area (Å²) in [7, 11) is 0. The number of halogens is 2. The monoisotopic (exact) mass is 356 g/mol. The minimum absolute atomic E-state index is 0.0377. The summed E-state index contributed by atoms with van der Waals surface area (Å²) in [6.45, 7) is 7.13. The fourth-order valence-corrected chi connectivity index (χ4v) is 4.13. The third-order valence-corrected chi connectivity index (χ3v) is 5.59. The zero-order valence-electron chi connectivity index (χ0n) is 11.6. The van der Waals surface area contributed by atoms with Gasteiger partial charge in [0.1, 0.15) is 0 Å². The van der Waals surface area contributed by atoms with Gasteiger partial charge in [-0.3, -0.25) is 4.79 Å². The number of benzene rings is 1. The Morgan fingerprint density at radius 3 is 2.90 bits per heavy atom. The zero-order chi connectivity index (χ0) is 14.5. The molecule has 0 radical (unpaired) electrons. The summed E-state index contributed by atoms with van der Waals surface area (Å²) < 4.78 is 0.879. The van der Waals surface area contributed by atoms with Gasteiger partial charge in [-0.25, -0.2) is 0 Å². The second-order valence-electron chi connectivity index (χ2n) is 6.22. The van der Waals surface area contributed by atoms with Crippen LogP contribution in [0, 0.1) is 11.8 Å². The highest BCUT2D eigenvalue weighted by Crippen LogP contribution is 2.41. The van der Waals surface area contributed by atoms with Crippen molar-refractivity contribution in [3.63, 3.8) is 0 Å². The molecule has 5 heteroatoms. The molecule has 108 valence electrons. The molecule has 0 saturated carbocycles. The molecule has 3 nitrogen and oxygen atoms in total. The molecule has 1 aromatic rings. The third-order valence-electron chi connectivity index (χ3n) is 4.76. The minimum atomic E-state index is -0.128. The molecule has 0 spiro atoms. The highest BCUT2D eigenvalue weighted by atomic mass is 79.9. The summed E-state index contributed by atoms with van der Waals surface area (Å²) >= 11 is 9.61. The Labute approximate surface area is 132 Å². The topological polar surface area (TPSA) is 32.3 Å². The second-order valence-corrected chi connectivity index (χ2v) is 7.54. The van der Waals surface area contributed by atoms with Crippen LogP contribution in [-0.2, 0) is 0 Å². The number of nitrogens with zero attached hydrogens (tertiary/aromatic N) is 1. The Morgan fingerprint density at radius 2 is 2.20 bits per heavy atom. The Hall–Kier alpha value is -0.580. The van der Waals surface area contributed by atoms with Crippen molar-refractivity contribution in [2.45, 2.75) is 19.4 Å². The first-order chi connectivity index (χ1) is 9.41. The first kappa shape index (κ1) is 14.4. The summed E-state index contributed by atoms with van der Waals surface area (Å²) in [6.07, 6.45) is 0. The lowest BCUT2D eigenvalue weighted by atomic mass is 9.84. The van der Waals surface area contributed by atoms with Crippen LogP contribution in [0.1, 0.15) is 24.2 Å². The molecule has 2 saturated heterocycles. The molecule has 2 aliphatic heterocycles. The first-order valence-electron chi connectivity index (χ1n) is 6.89. The first-order valence-corrected chi connectivity index (χ1v) is 8.06. The number of hydrogen-bond donors (Lipinski definition) is 1. The molecule has 1 aromatic carbocycles. The van der Waals surface area contributed by atoms with Crippen molar-refractivity contribution >= 4 is 33.4 Å². The van der Waals surface area contributed by atoms with Crippen LogP contribution in [-0.4, -0.2) is 36.0 Å². The predicted octanol–water partition coefficient (Wildman–Crippen LogP) is 3.17. The van der Waals surface area contributed by atoms with Crippen LogP contribution in [0.2, 0.25) is 5.02 Å². The molecule has 0 bridgehead atoms. The molecule has 0 aliphatic carbocycles. The predicted molar refractivity (Wildman–Crippen MR) is 84.1 cm³/mol. The van der Waals surface area contributed by atoms with Crippen LogP contribution in [0.5, 0.6) is 0 Å². The number of fused-ring (bicyclic) bond motifs is 1. The van der Waals surface area contributed by atoms with Crippen molar-refractivity contribution in [2.24, 2.45) is 11.8 Å². The fourth-order valence-electron chi connectivity index (χ4n) is 3.57. The van der Waals surface area contributed by atoms with Crippen LogP contribution in [0.4, 0.5) is 0 Å². The van der Waals surface area contributed by atoms with E-state index >= 15 is 0 Å². The lowest BCUT2D eigenvalue weighted by molar-refractivity contribution is 0.0603. The number of rotatable bonds is 1. The van der Waals surface area contributed by atoms with E-state index in [0.29, 0.717) is 22.4 Å². The van der Waals surface area contributed by atoms with E-state index in [-0.39, 0.29) is 11.4 Å². The number of amides is 1. The average Bonchev–Trinajstić information content (AvgIpc) is 2.94. The Kier molecular flexibility index (Phi) is 3.59. The third kappa shape index (κ3) is 2.18. The molecular formula is C15H18BrClN2O. The van der Waals surface area contributed by atoms with Gasteiger partial charge in [-0.1, -0.05) is 27.5 Å². The Bertz CT molecular complexity index is 561. The minimum Gasteiger partial charge on any atom is -0.333 e. The molecule has 2 fully saturated rings. The van der Waals surface area contributed by atoms with Crippen LogP contribution < -0.4 is 5.32 Å². The highest BCUT2D eigenvalue weighted by Gasteiger charge is 2.51. The maximum absolute atomic E-state index is 12.9. The lowest BCUT2D eigenvalue weighted by Gasteiger charge is -2.35. The van der Waals surface area contributed by atoms with E-state index in [1.165, 1.54) is 0 Å².